The van der Waals surface area contributed by atoms with Crippen LogP contribution in [0.3, 0.4) is 0 Å². The number of carbonyl (C=O) groups is 1. The number of alkyl carbamates (subject to hydrolysis) is 1. The van der Waals surface area contributed by atoms with Gasteiger partial charge in [-0.05, 0) is 11.1 Å². The van der Waals surface area contributed by atoms with Crippen molar-refractivity contribution in [3.8, 4) is 12.3 Å². The Balaban J connectivity index is 1.81. The van der Waals surface area contributed by atoms with E-state index in [1.54, 1.807) is 0 Å². The molecule has 1 amide bonds. The first-order chi connectivity index (χ1) is 10.3. The monoisotopic (exact) mass is 279 g/mol. The third-order valence-corrected chi connectivity index (χ3v) is 2.99. The highest BCUT2D eigenvalue weighted by Gasteiger charge is 2.11. The molecule has 0 aliphatic heterocycles. The fourth-order valence-electron chi connectivity index (χ4n) is 1.91. The Morgan fingerprint density at radius 1 is 1.05 bits per heavy atom. The fraction of sp³-hybridized carbons (Fsp3) is 0.167. The molecular weight excluding hydrogens is 262 g/mol. The summed E-state index contributed by atoms with van der Waals surface area (Å²) in [5.74, 6) is 2.57. The lowest BCUT2D eigenvalue weighted by Crippen LogP contribution is -2.35. The predicted octanol–water partition coefficient (Wildman–Crippen LogP) is 3.16. The lowest BCUT2D eigenvalue weighted by molar-refractivity contribution is 0.138. The molecule has 3 heteroatoms. The summed E-state index contributed by atoms with van der Waals surface area (Å²) in [5, 5.41) is 2.69. The summed E-state index contributed by atoms with van der Waals surface area (Å²) in [7, 11) is 0. The van der Waals surface area contributed by atoms with Gasteiger partial charge in [-0.15, -0.1) is 6.42 Å². The van der Waals surface area contributed by atoms with Gasteiger partial charge in [0, 0.05) is 6.42 Å². The van der Waals surface area contributed by atoms with Crippen molar-refractivity contribution in [3.63, 3.8) is 0 Å². The second kappa shape index (κ2) is 7.76. The van der Waals surface area contributed by atoms with Crippen molar-refractivity contribution >= 4 is 6.09 Å². The first kappa shape index (κ1) is 14.7. The molecule has 0 aromatic heterocycles. The maximum atomic E-state index is 11.7. The van der Waals surface area contributed by atoms with E-state index in [1.807, 2.05) is 60.7 Å². The highest BCUT2D eigenvalue weighted by Crippen LogP contribution is 2.04. The standard InChI is InChI=1S/C18H17NO2/c1-2-17(13-15-9-5-3-6-10-15)19-18(20)21-14-16-11-7-4-8-12-16/h1,3-12,17H,13-14H2,(H,19,20)/t17-/m1/s1. The molecule has 0 aliphatic carbocycles. The lowest BCUT2D eigenvalue weighted by atomic mass is 10.1. The summed E-state index contributed by atoms with van der Waals surface area (Å²) in [6.07, 6.45) is 5.53. The Hall–Kier alpha value is -2.73. The van der Waals surface area contributed by atoms with Crippen LogP contribution in [0.15, 0.2) is 60.7 Å². The molecule has 0 fully saturated rings. The van der Waals surface area contributed by atoms with E-state index < -0.39 is 6.09 Å². The third kappa shape index (κ3) is 5.04. The molecule has 0 aliphatic rings. The average molecular weight is 279 g/mol. The van der Waals surface area contributed by atoms with Gasteiger partial charge in [0.1, 0.15) is 6.61 Å². The van der Waals surface area contributed by atoms with Crippen molar-refractivity contribution in [1.29, 1.82) is 0 Å². The molecule has 0 unspecified atom stereocenters. The number of hydrogen-bond donors (Lipinski definition) is 1. The maximum Gasteiger partial charge on any atom is 0.408 e. The normalized spacial score (nSPS) is 11.2. The third-order valence-electron chi connectivity index (χ3n) is 2.99. The van der Waals surface area contributed by atoms with Crippen LogP contribution in [0.5, 0.6) is 0 Å². The van der Waals surface area contributed by atoms with Gasteiger partial charge in [0.25, 0.3) is 0 Å². The summed E-state index contributed by atoms with van der Waals surface area (Å²) >= 11 is 0. The molecule has 3 nitrogen and oxygen atoms in total. The van der Waals surface area contributed by atoms with E-state index in [0.29, 0.717) is 6.42 Å². The van der Waals surface area contributed by atoms with Crippen LogP contribution in [-0.2, 0) is 17.8 Å². The zero-order valence-electron chi connectivity index (χ0n) is 11.7. The molecule has 2 rings (SSSR count). The van der Waals surface area contributed by atoms with Crippen LogP contribution >= 0.6 is 0 Å². The van der Waals surface area contributed by atoms with Gasteiger partial charge in [-0.2, -0.15) is 0 Å². The van der Waals surface area contributed by atoms with E-state index in [2.05, 4.69) is 11.2 Å². The van der Waals surface area contributed by atoms with Gasteiger partial charge in [0.05, 0.1) is 6.04 Å². The first-order valence-corrected chi connectivity index (χ1v) is 6.75. The van der Waals surface area contributed by atoms with Crippen LogP contribution in [0.1, 0.15) is 11.1 Å². The average Bonchev–Trinajstić information content (AvgIpc) is 2.54. The number of carbonyl (C=O) groups excluding carboxylic acids is 1. The molecule has 0 radical (unpaired) electrons. The largest absolute Gasteiger partial charge is 0.445 e. The Bertz CT molecular complexity index is 602. The molecule has 1 N–H and O–H groups in total. The van der Waals surface area contributed by atoms with Crippen LogP contribution in [-0.4, -0.2) is 12.1 Å². The van der Waals surface area contributed by atoms with E-state index in [0.717, 1.165) is 11.1 Å². The van der Waals surface area contributed by atoms with E-state index in [9.17, 15) is 4.79 Å². The van der Waals surface area contributed by atoms with Gasteiger partial charge < -0.3 is 10.1 Å². The molecule has 21 heavy (non-hydrogen) atoms. The first-order valence-electron chi connectivity index (χ1n) is 6.75. The number of hydrogen-bond acceptors (Lipinski definition) is 2. The summed E-state index contributed by atoms with van der Waals surface area (Å²) in [6, 6.07) is 18.9. The van der Waals surface area contributed by atoms with Crippen LogP contribution in [0.25, 0.3) is 0 Å². The minimum Gasteiger partial charge on any atom is -0.445 e. The second-order valence-corrected chi connectivity index (χ2v) is 4.62. The number of rotatable bonds is 5. The van der Waals surface area contributed by atoms with Crippen molar-refractivity contribution in [3.05, 3.63) is 71.8 Å². The van der Waals surface area contributed by atoms with Crippen molar-refractivity contribution in [1.82, 2.24) is 5.32 Å². The number of amides is 1. The van der Waals surface area contributed by atoms with E-state index in [-0.39, 0.29) is 12.6 Å². The summed E-state index contributed by atoms with van der Waals surface area (Å²) in [4.78, 5) is 11.7. The van der Waals surface area contributed by atoms with Crippen LogP contribution in [0, 0.1) is 12.3 Å². The number of terminal acetylenes is 1. The van der Waals surface area contributed by atoms with E-state index in [4.69, 9.17) is 11.2 Å². The molecule has 0 spiro atoms. The molecule has 106 valence electrons. The number of nitrogens with one attached hydrogen (secondary N) is 1. The van der Waals surface area contributed by atoms with Crippen molar-refractivity contribution in [2.75, 3.05) is 0 Å². The Morgan fingerprint density at radius 3 is 2.19 bits per heavy atom. The smallest absolute Gasteiger partial charge is 0.408 e. The quantitative estimate of drug-likeness (QED) is 0.854. The minimum atomic E-state index is -0.502. The summed E-state index contributed by atoms with van der Waals surface area (Å²) in [5.41, 5.74) is 2.01. The van der Waals surface area contributed by atoms with E-state index >= 15 is 0 Å². The highest BCUT2D eigenvalue weighted by atomic mass is 16.5. The van der Waals surface area contributed by atoms with Gasteiger partial charge >= 0.3 is 6.09 Å². The highest BCUT2D eigenvalue weighted by molar-refractivity contribution is 5.68. The van der Waals surface area contributed by atoms with Gasteiger partial charge in [-0.25, -0.2) is 4.79 Å². The van der Waals surface area contributed by atoms with Crippen molar-refractivity contribution < 1.29 is 9.53 Å². The SMILES string of the molecule is C#C[C@H](Cc1ccccc1)NC(=O)OCc1ccccc1. The number of ether oxygens (including phenoxy) is 1. The minimum absolute atomic E-state index is 0.231. The maximum absolute atomic E-state index is 11.7. The zero-order chi connectivity index (χ0) is 14.9. The van der Waals surface area contributed by atoms with Gasteiger partial charge in [0.2, 0.25) is 0 Å². The predicted molar refractivity (Wildman–Crippen MR) is 82.5 cm³/mol. The number of benzene rings is 2. The molecule has 0 heterocycles. The summed E-state index contributed by atoms with van der Waals surface area (Å²) in [6.45, 7) is 0.231. The van der Waals surface area contributed by atoms with Crippen molar-refractivity contribution in [2.45, 2.75) is 19.1 Å². The Labute approximate surface area is 125 Å². The topological polar surface area (TPSA) is 38.3 Å². The van der Waals surface area contributed by atoms with Crippen LogP contribution in [0.4, 0.5) is 4.79 Å². The Morgan fingerprint density at radius 2 is 1.62 bits per heavy atom. The molecule has 0 saturated carbocycles. The molecule has 0 bridgehead atoms. The molecule has 1 atom stereocenters. The fourth-order valence-corrected chi connectivity index (χ4v) is 1.91. The zero-order valence-corrected chi connectivity index (χ0v) is 11.7. The van der Waals surface area contributed by atoms with Gasteiger partial charge in [0.15, 0.2) is 0 Å². The van der Waals surface area contributed by atoms with E-state index in [1.165, 1.54) is 0 Å². The molecule has 2 aromatic rings. The van der Waals surface area contributed by atoms with Gasteiger partial charge in [-0.1, -0.05) is 66.6 Å². The Kier molecular flexibility index (Phi) is 5.42. The van der Waals surface area contributed by atoms with Gasteiger partial charge in [-0.3, -0.25) is 0 Å². The second-order valence-electron chi connectivity index (χ2n) is 4.62. The van der Waals surface area contributed by atoms with Crippen LogP contribution in [0.2, 0.25) is 0 Å². The molecular formula is C18H17NO2. The summed E-state index contributed by atoms with van der Waals surface area (Å²) < 4.78 is 5.15. The molecule has 0 saturated heterocycles. The lowest BCUT2D eigenvalue weighted by Gasteiger charge is -2.13. The van der Waals surface area contributed by atoms with Crippen LogP contribution < -0.4 is 5.32 Å². The van der Waals surface area contributed by atoms with Crippen molar-refractivity contribution in [2.24, 2.45) is 0 Å². The molecule has 2 aromatic carbocycles.